The molecule has 148 valence electrons. The van der Waals surface area contributed by atoms with Crippen LogP contribution in [0.3, 0.4) is 0 Å². The van der Waals surface area contributed by atoms with Crippen LogP contribution in [0, 0.1) is 11.6 Å². The second-order valence-electron chi connectivity index (χ2n) is 7.30. The second-order valence-corrected chi connectivity index (χ2v) is 8.24. The van der Waals surface area contributed by atoms with Crippen LogP contribution < -0.4 is 0 Å². The maximum absolute atomic E-state index is 14.3. The van der Waals surface area contributed by atoms with E-state index in [0.29, 0.717) is 34.0 Å². The van der Waals surface area contributed by atoms with Gasteiger partial charge in [-0.25, -0.2) is 18.7 Å². The van der Waals surface area contributed by atoms with Crippen LogP contribution in [0.2, 0.25) is 0 Å². The number of halogens is 2. The van der Waals surface area contributed by atoms with Gasteiger partial charge < -0.3 is 0 Å². The molecule has 30 heavy (non-hydrogen) atoms. The number of pyridine rings is 2. The van der Waals surface area contributed by atoms with E-state index in [0.717, 1.165) is 29.5 Å². The summed E-state index contributed by atoms with van der Waals surface area (Å²) in [6.07, 6.45) is 3.84. The number of thioether (sulfide) groups is 1. The summed E-state index contributed by atoms with van der Waals surface area (Å²) in [6.45, 7) is 0. The summed E-state index contributed by atoms with van der Waals surface area (Å²) < 4.78 is 30.2. The molecule has 4 aromatic rings. The molecule has 2 aliphatic rings. The molecule has 6 rings (SSSR count). The van der Waals surface area contributed by atoms with E-state index in [1.807, 2.05) is 18.2 Å². The Morgan fingerprint density at radius 1 is 1.03 bits per heavy atom. The van der Waals surface area contributed by atoms with Crippen LogP contribution in [0.1, 0.15) is 30.0 Å². The second kappa shape index (κ2) is 6.66. The zero-order chi connectivity index (χ0) is 20.2. The molecule has 0 radical (unpaired) electrons. The molecule has 1 aliphatic heterocycles. The molecular formula is C21H14F2N6S. The highest BCUT2D eigenvalue weighted by molar-refractivity contribution is 7.99. The van der Waals surface area contributed by atoms with Crippen LogP contribution in [0.15, 0.2) is 52.9 Å². The van der Waals surface area contributed by atoms with Gasteiger partial charge in [-0.3, -0.25) is 0 Å². The van der Waals surface area contributed by atoms with Crippen LogP contribution in [0.4, 0.5) is 8.78 Å². The van der Waals surface area contributed by atoms with Crippen LogP contribution in [-0.4, -0.2) is 36.3 Å². The minimum atomic E-state index is -0.635. The fraction of sp³-hybridized carbons (Fsp3) is 0.190. The summed E-state index contributed by atoms with van der Waals surface area (Å²) in [4.78, 5) is 9.14. The molecule has 9 heteroatoms. The quantitative estimate of drug-likeness (QED) is 0.491. The van der Waals surface area contributed by atoms with E-state index in [9.17, 15) is 8.78 Å². The van der Waals surface area contributed by atoms with Crippen molar-refractivity contribution in [2.24, 2.45) is 5.10 Å². The third-order valence-electron chi connectivity index (χ3n) is 5.25. The van der Waals surface area contributed by atoms with E-state index >= 15 is 0 Å². The van der Waals surface area contributed by atoms with Gasteiger partial charge in [0.2, 0.25) is 5.16 Å². The third-order valence-corrected chi connectivity index (χ3v) is 6.18. The largest absolute Gasteiger partial charge is 0.237 e. The lowest BCUT2D eigenvalue weighted by Crippen LogP contribution is -2.17. The molecule has 4 heterocycles. The summed E-state index contributed by atoms with van der Waals surface area (Å²) >= 11 is 1.35. The summed E-state index contributed by atoms with van der Waals surface area (Å²) in [5.74, 6) is -0.0884. The van der Waals surface area contributed by atoms with Crippen LogP contribution in [0.5, 0.6) is 0 Å². The Bertz CT molecular complexity index is 1320. The lowest BCUT2D eigenvalue weighted by atomic mass is 10.1. The van der Waals surface area contributed by atoms with Crippen LogP contribution >= 0.6 is 11.8 Å². The standard InChI is InChI=1S/C21H14F2N6S/c22-14-4-1-5-15(23)17(14)16-10-30-21-27-26-20(29(21)28-16)13-9-12-3-2-8-24-19(12)25-18(13)11-6-7-11/h1-5,8-9,11H,6-7,10H2. The predicted molar refractivity (Wildman–Crippen MR) is 110 cm³/mol. The van der Waals surface area contributed by atoms with Gasteiger partial charge in [0.1, 0.15) is 11.6 Å². The van der Waals surface area contributed by atoms with Crippen molar-refractivity contribution in [2.45, 2.75) is 23.9 Å². The number of fused-ring (bicyclic) bond motifs is 2. The van der Waals surface area contributed by atoms with Gasteiger partial charge in [0.15, 0.2) is 11.5 Å². The van der Waals surface area contributed by atoms with Crippen molar-refractivity contribution in [2.75, 3.05) is 5.75 Å². The molecule has 0 bridgehead atoms. The van der Waals surface area contributed by atoms with E-state index in [-0.39, 0.29) is 5.56 Å². The topological polar surface area (TPSA) is 68.8 Å². The summed E-state index contributed by atoms with van der Waals surface area (Å²) in [5, 5.41) is 14.6. The van der Waals surface area contributed by atoms with Crippen LogP contribution in [-0.2, 0) is 0 Å². The first-order valence-corrected chi connectivity index (χ1v) is 10.5. The maximum atomic E-state index is 14.3. The van der Waals surface area contributed by atoms with Crippen molar-refractivity contribution >= 4 is 28.5 Å². The average molecular weight is 420 g/mol. The first-order chi connectivity index (χ1) is 14.7. The summed E-state index contributed by atoms with van der Waals surface area (Å²) in [5.41, 5.74) is 2.64. The molecule has 0 saturated heterocycles. The molecule has 1 saturated carbocycles. The molecule has 0 spiro atoms. The first-order valence-electron chi connectivity index (χ1n) is 9.55. The molecule has 1 fully saturated rings. The van der Waals surface area contributed by atoms with Gasteiger partial charge in [-0.2, -0.15) is 9.78 Å². The minimum absolute atomic E-state index is 0.112. The van der Waals surface area contributed by atoms with E-state index in [4.69, 9.17) is 4.98 Å². The molecule has 0 unspecified atom stereocenters. The molecule has 1 aliphatic carbocycles. The molecule has 1 aromatic carbocycles. The average Bonchev–Trinajstić information content (AvgIpc) is 3.52. The molecule has 0 amide bonds. The fourth-order valence-electron chi connectivity index (χ4n) is 3.66. The molecule has 3 aromatic heterocycles. The Kier molecular flexibility index (Phi) is 3.92. The maximum Gasteiger partial charge on any atom is 0.212 e. The Hall–Kier alpha value is -3.20. The zero-order valence-electron chi connectivity index (χ0n) is 15.6. The number of hydrogen-bond donors (Lipinski definition) is 0. The Balaban J connectivity index is 1.54. The smallest absolute Gasteiger partial charge is 0.212 e. The van der Waals surface area contributed by atoms with E-state index in [2.05, 4.69) is 20.3 Å². The van der Waals surface area contributed by atoms with E-state index in [1.165, 1.54) is 30.0 Å². The number of benzene rings is 1. The predicted octanol–water partition coefficient (Wildman–Crippen LogP) is 4.40. The summed E-state index contributed by atoms with van der Waals surface area (Å²) in [6, 6.07) is 9.62. The lowest BCUT2D eigenvalue weighted by molar-refractivity contribution is 0.578. The first kappa shape index (κ1) is 17.6. The van der Waals surface area contributed by atoms with Crippen molar-refractivity contribution in [3.63, 3.8) is 0 Å². The highest BCUT2D eigenvalue weighted by Gasteiger charge is 2.32. The van der Waals surface area contributed by atoms with Crippen molar-refractivity contribution < 1.29 is 8.78 Å². The lowest BCUT2D eigenvalue weighted by Gasteiger charge is -2.16. The van der Waals surface area contributed by atoms with E-state index < -0.39 is 11.6 Å². The van der Waals surface area contributed by atoms with Gasteiger partial charge in [-0.05, 0) is 43.2 Å². The molecule has 0 atom stereocenters. The van der Waals surface area contributed by atoms with Gasteiger partial charge in [0.05, 0.1) is 17.0 Å². The molecule has 6 nitrogen and oxygen atoms in total. The minimum Gasteiger partial charge on any atom is -0.237 e. The Morgan fingerprint density at radius 3 is 2.67 bits per heavy atom. The molecule has 0 N–H and O–H groups in total. The number of hydrogen-bond acceptors (Lipinski definition) is 6. The van der Waals surface area contributed by atoms with Crippen molar-refractivity contribution in [3.05, 3.63) is 65.5 Å². The van der Waals surface area contributed by atoms with Crippen LogP contribution in [0.25, 0.3) is 22.4 Å². The highest BCUT2D eigenvalue weighted by atomic mass is 32.2. The highest BCUT2D eigenvalue weighted by Crippen LogP contribution is 2.44. The molecular weight excluding hydrogens is 406 g/mol. The Morgan fingerprint density at radius 2 is 1.87 bits per heavy atom. The fourth-order valence-corrected chi connectivity index (χ4v) is 4.47. The van der Waals surface area contributed by atoms with Gasteiger partial charge in [-0.15, -0.1) is 10.2 Å². The van der Waals surface area contributed by atoms with Gasteiger partial charge in [0.25, 0.3) is 0 Å². The van der Waals surface area contributed by atoms with E-state index in [1.54, 1.807) is 10.9 Å². The third kappa shape index (κ3) is 2.80. The number of aromatic nitrogens is 5. The normalized spacial score (nSPS) is 15.9. The Labute approximate surface area is 174 Å². The number of rotatable bonds is 3. The zero-order valence-corrected chi connectivity index (χ0v) is 16.4. The monoisotopic (exact) mass is 420 g/mol. The SMILES string of the molecule is Fc1cccc(F)c1C1=Nn2c(nnc2-c2cc3cccnc3nc2C2CC2)SC1. The van der Waals surface area contributed by atoms with Crippen molar-refractivity contribution in [1.82, 2.24) is 24.8 Å². The van der Waals surface area contributed by atoms with Gasteiger partial charge in [-0.1, -0.05) is 17.8 Å². The van der Waals surface area contributed by atoms with Gasteiger partial charge in [0, 0.05) is 28.8 Å². The van der Waals surface area contributed by atoms with Crippen molar-refractivity contribution in [3.8, 4) is 11.4 Å². The van der Waals surface area contributed by atoms with Gasteiger partial charge >= 0.3 is 0 Å². The summed E-state index contributed by atoms with van der Waals surface area (Å²) in [7, 11) is 0. The number of nitrogens with zero attached hydrogens (tertiary/aromatic N) is 6. The van der Waals surface area contributed by atoms with Crippen molar-refractivity contribution in [1.29, 1.82) is 0 Å².